The average molecular weight is 387 g/mol. The molecule has 4 nitrogen and oxygen atoms in total. The lowest BCUT2D eigenvalue weighted by Crippen LogP contribution is -2.57. The van der Waals surface area contributed by atoms with Gasteiger partial charge in [-0.05, 0) is 81.3 Å². The first-order chi connectivity index (χ1) is 12.9. The number of benzene rings is 1. The molecule has 1 aromatic rings. The molecule has 4 rings (SSSR count). The summed E-state index contributed by atoms with van der Waals surface area (Å²) >= 11 is 5.66. The maximum absolute atomic E-state index is 13.9. The molecule has 0 bridgehead atoms. The first kappa shape index (κ1) is 18.9. The second-order valence-corrected chi connectivity index (χ2v) is 9.07. The molecule has 1 heterocycles. The highest BCUT2D eigenvalue weighted by Gasteiger charge is 2.67. The minimum Gasteiger partial charge on any atom is -0.381 e. The summed E-state index contributed by atoms with van der Waals surface area (Å²) in [4.78, 5) is 15.7. The van der Waals surface area contributed by atoms with Gasteiger partial charge < -0.3 is 10.1 Å². The number of aryl methyl sites for hydroxylation is 1. The fourth-order valence-corrected chi connectivity index (χ4v) is 6.07. The number of rotatable bonds is 3. The first-order valence-corrected chi connectivity index (χ1v) is 10.6. The van der Waals surface area contributed by atoms with Crippen molar-refractivity contribution in [3.05, 3.63) is 34.9 Å². The summed E-state index contributed by atoms with van der Waals surface area (Å²) in [6, 6.07) is 6.76. The SMILES string of the molecule is CCc1ccc2c(c1)C1(NC(=S)N(C(C)C)C1=O)[C@]1(CC[C@H](OC)CC1)C2. The standard InChI is InChI=1S/C22H30N2O2S/c1-5-15-6-7-16-13-21(10-8-17(26-4)9-11-21)22(18(16)12-15)19(25)24(14(2)3)20(27)23-22/h6-7,12,14,17H,5,8-11,13H2,1-4H3,(H,23,27)/t17-,21-,22?. The fraction of sp³-hybridized carbons (Fsp3) is 0.636. The van der Waals surface area contributed by atoms with Crippen LogP contribution >= 0.6 is 12.2 Å². The van der Waals surface area contributed by atoms with Gasteiger partial charge in [0, 0.05) is 18.6 Å². The maximum atomic E-state index is 13.9. The highest BCUT2D eigenvalue weighted by atomic mass is 32.1. The van der Waals surface area contributed by atoms with Crippen LogP contribution in [0.4, 0.5) is 0 Å². The van der Waals surface area contributed by atoms with Crippen molar-refractivity contribution in [3.8, 4) is 0 Å². The zero-order valence-corrected chi connectivity index (χ0v) is 17.6. The van der Waals surface area contributed by atoms with Crippen molar-refractivity contribution in [1.29, 1.82) is 0 Å². The molecule has 1 unspecified atom stereocenters. The topological polar surface area (TPSA) is 41.6 Å². The van der Waals surface area contributed by atoms with E-state index in [-0.39, 0.29) is 17.4 Å². The van der Waals surface area contributed by atoms with E-state index in [9.17, 15) is 4.79 Å². The smallest absolute Gasteiger partial charge is 0.259 e. The number of amides is 1. The summed E-state index contributed by atoms with van der Waals surface area (Å²) in [6.45, 7) is 6.24. The second-order valence-electron chi connectivity index (χ2n) is 8.69. The Labute approximate surface area is 167 Å². The molecule has 1 atom stereocenters. The normalized spacial score (nSPS) is 32.6. The van der Waals surface area contributed by atoms with Crippen molar-refractivity contribution < 1.29 is 9.53 Å². The number of carbonyl (C=O) groups excluding carboxylic acids is 1. The van der Waals surface area contributed by atoms with Crippen LogP contribution in [-0.4, -0.2) is 35.2 Å². The molecule has 27 heavy (non-hydrogen) atoms. The lowest BCUT2D eigenvalue weighted by Gasteiger charge is -2.46. The van der Waals surface area contributed by atoms with Crippen LogP contribution in [-0.2, 0) is 27.9 Å². The largest absolute Gasteiger partial charge is 0.381 e. The first-order valence-electron chi connectivity index (χ1n) is 10.2. The number of hydrogen-bond acceptors (Lipinski definition) is 3. The van der Waals surface area contributed by atoms with Crippen LogP contribution in [0.5, 0.6) is 0 Å². The molecule has 2 spiro atoms. The molecule has 1 amide bonds. The number of carbonyl (C=O) groups is 1. The molecule has 1 saturated carbocycles. The molecular weight excluding hydrogens is 356 g/mol. The van der Waals surface area contributed by atoms with Gasteiger partial charge in [-0.15, -0.1) is 0 Å². The third-order valence-corrected chi connectivity index (χ3v) is 7.40. The highest BCUT2D eigenvalue weighted by Crippen LogP contribution is 2.60. The van der Waals surface area contributed by atoms with Crippen molar-refractivity contribution >= 4 is 23.2 Å². The van der Waals surface area contributed by atoms with Crippen LogP contribution in [0.2, 0.25) is 0 Å². The summed E-state index contributed by atoms with van der Waals surface area (Å²) in [6.07, 6.45) is 6.16. The minimum absolute atomic E-state index is 0.0580. The lowest BCUT2D eigenvalue weighted by atomic mass is 9.61. The van der Waals surface area contributed by atoms with Crippen LogP contribution in [0.15, 0.2) is 18.2 Å². The molecule has 0 radical (unpaired) electrons. The molecule has 2 aliphatic carbocycles. The number of ether oxygens (including phenoxy) is 1. The zero-order chi connectivity index (χ0) is 19.4. The number of methoxy groups -OCH3 is 1. The van der Waals surface area contributed by atoms with Crippen LogP contribution in [0.1, 0.15) is 63.1 Å². The van der Waals surface area contributed by atoms with Crippen LogP contribution < -0.4 is 5.32 Å². The van der Waals surface area contributed by atoms with Gasteiger partial charge in [0.1, 0.15) is 0 Å². The Balaban J connectivity index is 1.87. The summed E-state index contributed by atoms with van der Waals surface area (Å²) in [7, 11) is 1.80. The summed E-state index contributed by atoms with van der Waals surface area (Å²) in [5, 5.41) is 4.16. The predicted octanol–water partition coefficient (Wildman–Crippen LogP) is 3.70. The summed E-state index contributed by atoms with van der Waals surface area (Å²) in [5.74, 6) is 0.144. The quantitative estimate of drug-likeness (QED) is 0.805. The van der Waals surface area contributed by atoms with Crippen molar-refractivity contribution in [2.75, 3.05) is 7.11 Å². The Bertz CT molecular complexity index is 783. The van der Waals surface area contributed by atoms with E-state index >= 15 is 0 Å². The van der Waals surface area contributed by atoms with Gasteiger partial charge >= 0.3 is 0 Å². The Morgan fingerprint density at radius 2 is 2.04 bits per heavy atom. The van der Waals surface area contributed by atoms with Crippen LogP contribution in [0, 0.1) is 5.41 Å². The number of nitrogens with zero attached hydrogens (tertiary/aromatic N) is 1. The van der Waals surface area contributed by atoms with Gasteiger partial charge in [-0.3, -0.25) is 9.69 Å². The Hall–Kier alpha value is -1.46. The Kier molecular flexibility index (Phi) is 4.59. The maximum Gasteiger partial charge on any atom is 0.259 e. The second kappa shape index (κ2) is 6.56. The van der Waals surface area contributed by atoms with Crippen LogP contribution in [0.3, 0.4) is 0 Å². The van der Waals surface area contributed by atoms with Gasteiger partial charge in [-0.1, -0.05) is 25.1 Å². The van der Waals surface area contributed by atoms with E-state index < -0.39 is 5.54 Å². The summed E-state index contributed by atoms with van der Waals surface area (Å²) < 4.78 is 5.62. The molecule has 1 aromatic carbocycles. The van der Waals surface area contributed by atoms with E-state index in [0.29, 0.717) is 11.2 Å². The molecule has 146 valence electrons. The number of fused-ring (bicyclic) bond motifs is 3. The van der Waals surface area contributed by atoms with Gasteiger partial charge in [0.2, 0.25) is 0 Å². The van der Waals surface area contributed by atoms with Gasteiger partial charge in [-0.2, -0.15) is 0 Å². The lowest BCUT2D eigenvalue weighted by molar-refractivity contribution is -0.139. The average Bonchev–Trinajstić information content (AvgIpc) is 3.08. The van der Waals surface area contributed by atoms with Crippen molar-refractivity contribution in [3.63, 3.8) is 0 Å². The van der Waals surface area contributed by atoms with E-state index in [1.807, 2.05) is 13.8 Å². The fourth-order valence-electron chi connectivity index (χ4n) is 5.62. The zero-order valence-electron chi connectivity index (χ0n) is 16.8. The number of nitrogens with one attached hydrogen (secondary N) is 1. The molecule has 1 aliphatic heterocycles. The van der Waals surface area contributed by atoms with E-state index in [2.05, 4.69) is 30.4 Å². The molecular formula is C22H30N2O2S. The van der Waals surface area contributed by atoms with Gasteiger partial charge in [0.05, 0.1) is 6.10 Å². The van der Waals surface area contributed by atoms with E-state index in [0.717, 1.165) is 44.1 Å². The third-order valence-electron chi connectivity index (χ3n) is 7.10. The highest BCUT2D eigenvalue weighted by molar-refractivity contribution is 7.80. The third kappa shape index (κ3) is 2.51. The van der Waals surface area contributed by atoms with Crippen molar-refractivity contribution in [2.45, 2.75) is 77.0 Å². The Morgan fingerprint density at radius 3 is 2.59 bits per heavy atom. The van der Waals surface area contributed by atoms with Gasteiger partial charge in [0.15, 0.2) is 10.7 Å². The van der Waals surface area contributed by atoms with Crippen molar-refractivity contribution in [1.82, 2.24) is 10.2 Å². The van der Waals surface area contributed by atoms with E-state index in [1.54, 1.807) is 12.0 Å². The Morgan fingerprint density at radius 1 is 1.33 bits per heavy atom. The molecule has 5 heteroatoms. The molecule has 1 N–H and O–H groups in total. The predicted molar refractivity (Wildman–Crippen MR) is 111 cm³/mol. The minimum atomic E-state index is -0.715. The van der Waals surface area contributed by atoms with E-state index in [1.165, 1.54) is 11.1 Å². The monoisotopic (exact) mass is 386 g/mol. The van der Waals surface area contributed by atoms with Crippen molar-refractivity contribution in [2.24, 2.45) is 5.41 Å². The summed E-state index contributed by atoms with van der Waals surface area (Å²) in [5.41, 5.74) is 2.90. The number of hydrogen-bond donors (Lipinski definition) is 1. The van der Waals surface area contributed by atoms with Crippen LogP contribution in [0.25, 0.3) is 0 Å². The van der Waals surface area contributed by atoms with E-state index in [4.69, 9.17) is 17.0 Å². The molecule has 2 fully saturated rings. The molecule has 3 aliphatic rings. The van der Waals surface area contributed by atoms with Gasteiger partial charge in [0.25, 0.3) is 5.91 Å². The molecule has 1 saturated heterocycles. The van der Waals surface area contributed by atoms with Gasteiger partial charge in [-0.25, -0.2) is 0 Å². The molecule has 0 aromatic heterocycles. The number of thiocarbonyl (C=S) groups is 1.